The Morgan fingerprint density at radius 1 is 0.262 bits per heavy atom. The van der Waals surface area contributed by atoms with Crippen molar-refractivity contribution in [2.24, 2.45) is 0 Å². The van der Waals surface area contributed by atoms with Crippen LogP contribution in [0.1, 0.15) is 22.3 Å². The number of benzene rings is 11. The van der Waals surface area contributed by atoms with E-state index >= 15 is 0 Å². The quantitative estimate of drug-likeness (QED) is 0.124. The number of rotatable bonds is 6. The van der Waals surface area contributed by atoms with Gasteiger partial charge in [-0.2, -0.15) is 0 Å². The summed E-state index contributed by atoms with van der Waals surface area (Å²) in [5.41, 5.74) is 12.1. The van der Waals surface area contributed by atoms with Crippen LogP contribution in [0.25, 0.3) is 99.5 Å². The van der Waals surface area contributed by atoms with Gasteiger partial charge >= 0.3 is 0 Å². The van der Waals surface area contributed by atoms with E-state index in [1.54, 1.807) is 0 Å². The molecule has 0 N–H and O–H groups in total. The second-order valence-electron chi connectivity index (χ2n) is 17.0. The van der Waals surface area contributed by atoms with Gasteiger partial charge in [0.1, 0.15) is 0 Å². The molecule has 1 aliphatic carbocycles. The van der Waals surface area contributed by atoms with Crippen molar-refractivity contribution in [1.29, 1.82) is 0 Å². The van der Waals surface area contributed by atoms with Crippen LogP contribution in [-0.2, 0) is 5.41 Å². The fourth-order valence-electron chi connectivity index (χ4n) is 10.8. The smallest absolute Gasteiger partial charge is 0.164 e. The molecule has 0 amide bonds. The topological polar surface area (TPSA) is 38.7 Å². The largest absolute Gasteiger partial charge is 0.208 e. The summed E-state index contributed by atoms with van der Waals surface area (Å²) in [5, 5.41) is 9.65. The summed E-state index contributed by atoms with van der Waals surface area (Å²) in [6.45, 7) is 0. The maximum absolute atomic E-state index is 5.40. The highest BCUT2D eigenvalue weighted by Crippen LogP contribution is 2.56. The molecular formula is C62H39N3. The zero-order valence-electron chi connectivity index (χ0n) is 35.4. The highest BCUT2D eigenvalue weighted by molar-refractivity contribution is 6.23. The maximum Gasteiger partial charge on any atom is 0.164 e. The lowest BCUT2D eigenvalue weighted by molar-refractivity contribution is 0.768. The molecule has 0 spiro atoms. The van der Waals surface area contributed by atoms with Crippen LogP contribution in [0.3, 0.4) is 0 Å². The standard InChI is InChI=1S/C62H39N3/c1-4-19-41(20-5-1)59-63-60(43-33-37-57-55(39-43)50-30-16-17-31-56(50)62(57,44-22-6-2-7-23-44)45-24-8-3-9-25-45)65-61(64-59)53-36-35-51(48-28-14-15-29-49(48)53)58-47-27-13-11-21-42(47)38-54-46-26-12-10-18-40(46)32-34-52(54)58/h1-39H. The van der Waals surface area contributed by atoms with Gasteiger partial charge in [-0.1, -0.05) is 218 Å². The van der Waals surface area contributed by atoms with E-state index in [1.165, 1.54) is 76.8 Å². The molecule has 0 bridgehead atoms. The Labute approximate surface area is 377 Å². The predicted octanol–water partition coefficient (Wildman–Crippen LogP) is 15.5. The lowest BCUT2D eigenvalue weighted by atomic mass is 9.67. The zero-order chi connectivity index (χ0) is 42.9. The maximum atomic E-state index is 5.40. The van der Waals surface area contributed by atoms with Crippen molar-refractivity contribution in [2.75, 3.05) is 0 Å². The van der Waals surface area contributed by atoms with Crippen molar-refractivity contribution >= 4 is 43.1 Å². The first kappa shape index (κ1) is 37.1. The van der Waals surface area contributed by atoms with E-state index in [1.807, 2.05) is 18.2 Å². The van der Waals surface area contributed by atoms with Gasteiger partial charge in [0.25, 0.3) is 0 Å². The van der Waals surface area contributed by atoms with E-state index in [2.05, 4.69) is 218 Å². The second kappa shape index (κ2) is 14.8. The van der Waals surface area contributed by atoms with Gasteiger partial charge in [0.2, 0.25) is 0 Å². The van der Waals surface area contributed by atoms with Crippen LogP contribution in [0.2, 0.25) is 0 Å². The fraction of sp³-hybridized carbons (Fsp3) is 0.0161. The van der Waals surface area contributed by atoms with Crippen LogP contribution in [0.5, 0.6) is 0 Å². The fourth-order valence-corrected chi connectivity index (χ4v) is 10.8. The number of aromatic nitrogens is 3. The van der Waals surface area contributed by atoms with Gasteiger partial charge in [-0.25, -0.2) is 15.0 Å². The minimum absolute atomic E-state index is 0.490. The molecule has 12 aromatic rings. The van der Waals surface area contributed by atoms with E-state index in [4.69, 9.17) is 15.0 Å². The van der Waals surface area contributed by atoms with Crippen LogP contribution in [0.15, 0.2) is 237 Å². The molecule has 0 aliphatic heterocycles. The van der Waals surface area contributed by atoms with Gasteiger partial charge in [-0.3, -0.25) is 0 Å². The average Bonchev–Trinajstić information content (AvgIpc) is 3.69. The van der Waals surface area contributed by atoms with E-state index < -0.39 is 5.41 Å². The van der Waals surface area contributed by atoms with Crippen molar-refractivity contribution < 1.29 is 0 Å². The second-order valence-corrected chi connectivity index (χ2v) is 17.0. The third kappa shape index (κ3) is 5.72. The summed E-state index contributed by atoms with van der Waals surface area (Å²) in [4.78, 5) is 15.9. The van der Waals surface area contributed by atoms with Crippen molar-refractivity contribution in [3.8, 4) is 56.4 Å². The monoisotopic (exact) mass is 825 g/mol. The molecule has 0 unspecified atom stereocenters. The molecule has 0 saturated heterocycles. The molecule has 0 atom stereocenters. The van der Waals surface area contributed by atoms with Crippen molar-refractivity contribution in [3.63, 3.8) is 0 Å². The summed E-state index contributed by atoms with van der Waals surface area (Å²) in [6, 6.07) is 85.3. The lowest BCUT2D eigenvalue weighted by Gasteiger charge is -2.33. The van der Waals surface area contributed by atoms with E-state index in [9.17, 15) is 0 Å². The minimum Gasteiger partial charge on any atom is -0.208 e. The van der Waals surface area contributed by atoms with Gasteiger partial charge in [0, 0.05) is 16.7 Å². The van der Waals surface area contributed by atoms with Crippen molar-refractivity contribution in [2.45, 2.75) is 5.41 Å². The molecule has 302 valence electrons. The van der Waals surface area contributed by atoms with Crippen molar-refractivity contribution in [3.05, 3.63) is 259 Å². The number of fused-ring (bicyclic) bond motifs is 8. The highest BCUT2D eigenvalue weighted by atomic mass is 15.0. The zero-order valence-corrected chi connectivity index (χ0v) is 35.4. The highest BCUT2D eigenvalue weighted by Gasteiger charge is 2.46. The number of hydrogen-bond acceptors (Lipinski definition) is 3. The minimum atomic E-state index is -0.490. The summed E-state index contributed by atoms with van der Waals surface area (Å²) in [5.74, 6) is 1.90. The normalized spacial score (nSPS) is 12.7. The molecule has 1 aliphatic rings. The third-order valence-electron chi connectivity index (χ3n) is 13.6. The first-order chi connectivity index (χ1) is 32.2. The molecular weight excluding hydrogens is 787 g/mol. The Bertz CT molecular complexity index is 3780. The predicted molar refractivity (Wildman–Crippen MR) is 269 cm³/mol. The molecule has 3 nitrogen and oxygen atoms in total. The molecule has 0 fully saturated rings. The molecule has 3 heteroatoms. The Hall–Kier alpha value is -8.53. The summed E-state index contributed by atoms with van der Waals surface area (Å²) in [6.07, 6.45) is 0. The summed E-state index contributed by atoms with van der Waals surface area (Å²) >= 11 is 0. The van der Waals surface area contributed by atoms with Gasteiger partial charge < -0.3 is 0 Å². The Kier molecular flexibility index (Phi) is 8.44. The summed E-state index contributed by atoms with van der Waals surface area (Å²) < 4.78 is 0. The van der Waals surface area contributed by atoms with Crippen LogP contribution in [0, 0.1) is 0 Å². The van der Waals surface area contributed by atoms with Gasteiger partial charge in [0.15, 0.2) is 17.5 Å². The van der Waals surface area contributed by atoms with Crippen LogP contribution < -0.4 is 0 Å². The van der Waals surface area contributed by atoms with Gasteiger partial charge in [0.05, 0.1) is 5.41 Å². The average molecular weight is 826 g/mol. The Balaban J connectivity index is 1.03. The van der Waals surface area contributed by atoms with Gasteiger partial charge in [-0.05, 0) is 106 Å². The van der Waals surface area contributed by atoms with Crippen molar-refractivity contribution in [1.82, 2.24) is 15.0 Å². The van der Waals surface area contributed by atoms with Crippen LogP contribution >= 0.6 is 0 Å². The molecule has 1 aromatic heterocycles. The molecule has 0 saturated carbocycles. The van der Waals surface area contributed by atoms with Gasteiger partial charge in [-0.15, -0.1) is 0 Å². The first-order valence-corrected chi connectivity index (χ1v) is 22.3. The number of nitrogens with zero attached hydrogens (tertiary/aromatic N) is 3. The Morgan fingerprint density at radius 2 is 0.800 bits per heavy atom. The Morgan fingerprint density at radius 3 is 1.54 bits per heavy atom. The van der Waals surface area contributed by atoms with E-state index in [0.717, 1.165) is 27.5 Å². The first-order valence-electron chi connectivity index (χ1n) is 22.3. The lowest BCUT2D eigenvalue weighted by Crippen LogP contribution is -2.28. The SMILES string of the molecule is c1ccc(-c2nc(-c3ccc4c(c3)-c3ccccc3C4(c3ccccc3)c3ccccc3)nc(-c3ccc(-c4c5ccccc5cc5c4ccc4ccccc45)c4ccccc34)n2)cc1. The molecule has 13 rings (SSSR count). The van der Waals surface area contributed by atoms with Crippen LogP contribution in [-0.4, -0.2) is 15.0 Å². The third-order valence-corrected chi connectivity index (χ3v) is 13.6. The molecule has 1 heterocycles. The van der Waals surface area contributed by atoms with E-state index in [0.29, 0.717) is 17.5 Å². The molecule has 11 aromatic carbocycles. The molecule has 0 radical (unpaired) electrons. The van der Waals surface area contributed by atoms with Crippen LogP contribution in [0.4, 0.5) is 0 Å². The summed E-state index contributed by atoms with van der Waals surface area (Å²) in [7, 11) is 0. The number of hydrogen-bond donors (Lipinski definition) is 0. The molecule has 65 heavy (non-hydrogen) atoms. The van der Waals surface area contributed by atoms with E-state index in [-0.39, 0.29) is 0 Å².